The average Bonchev–Trinajstić information content (AvgIpc) is 2.38. The van der Waals surface area contributed by atoms with Crippen molar-refractivity contribution in [1.82, 2.24) is 5.32 Å². The first-order valence-corrected chi connectivity index (χ1v) is 7.58. The lowest BCUT2D eigenvalue weighted by Gasteiger charge is -2.23. The van der Waals surface area contributed by atoms with Crippen LogP contribution in [0.3, 0.4) is 0 Å². The van der Waals surface area contributed by atoms with Crippen LogP contribution < -0.4 is 5.32 Å². The van der Waals surface area contributed by atoms with E-state index in [0.717, 1.165) is 30.4 Å². The van der Waals surface area contributed by atoms with Gasteiger partial charge in [0.2, 0.25) is 0 Å². The molecule has 0 radical (unpaired) electrons. The number of ether oxygens (including phenoxy) is 1. The third-order valence-electron chi connectivity index (χ3n) is 2.97. The number of hydrogen-bond donors (Lipinski definition) is 1. The van der Waals surface area contributed by atoms with Crippen molar-refractivity contribution in [2.75, 3.05) is 13.1 Å². The van der Waals surface area contributed by atoms with E-state index in [9.17, 15) is 0 Å². The second kappa shape index (κ2) is 8.68. The first-order chi connectivity index (χ1) is 8.67. The Balaban J connectivity index is 2.66. The van der Waals surface area contributed by atoms with Gasteiger partial charge in [-0.1, -0.05) is 41.9 Å². The Morgan fingerprint density at radius 2 is 1.89 bits per heavy atom. The standard InChI is InChI=1S/C15H24BrNO/c1-4-10-17-11-15(18-12(3)5-2)13-6-8-14(16)9-7-13/h6-9,12,15,17H,4-5,10-11H2,1-3H3. The molecule has 0 aliphatic heterocycles. The van der Waals surface area contributed by atoms with Crippen molar-refractivity contribution in [2.45, 2.75) is 45.8 Å². The smallest absolute Gasteiger partial charge is 0.0952 e. The summed E-state index contributed by atoms with van der Waals surface area (Å²) in [5.74, 6) is 0. The molecule has 102 valence electrons. The second-order valence-electron chi connectivity index (χ2n) is 4.60. The van der Waals surface area contributed by atoms with Gasteiger partial charge in [0.1, 0.15) is 0 Å². The fraction of sp³-hybridized carbons (Fsp3) is 0.600. The highest BCUT2D eigenvalue weighted by Crippen LogP contribution is 2.21. The zero-order valence-electron chi connectivity index (χ0n) is 11.6. The van der Waals surface area contributed by atoms with Crippen molar-refractivity contribution < 1.29 is 4.74 Å². The molecule has 0 spiro atoms. The fourth-order valence-corrected chi connectivity index (χ4v) is 1.97. The van der Waals surface area contributed by atoms with Crippen molar-refractivity contribution in [3.05, 3.63) is 34.3 Å². The third kappa shape index (κ3) is 5.51. The topological polar surface area (TPSA) is 21.3 Å². The lowest BCUT2D eigenvalue weighted by Crippen LogP contribution is -2.26. The van der Waals surface area contributed by atoms with Crippen LogP contribution in [0.4, 0.5) is 0 Å². The van der Waals surface area contributed by atoms with E-state index in [1.54, 1.807) is 0 Å². The molecule has 2 unspecified atom stereocenters. The molecule has 18 heavy (non-hydrogen) atoms. The van der Waals surface area contributed by atoms with Crippen LogP contribution in [0.2, 0.25) is 0 Å². The minimum absolute atomic E-state index is 0.139. The van der Waals surface area contributed by atoms with Gasteiger partial charge < -0.3 is 10.1 Å². The molecule has 1 aromatic carbocycles. The zero-order chi connectivity index (χ0) is 13.4. The largest absolute Gasteiger partial charge is 0.369 e. The fourth-order valence-electron chi connectivity index (χ4n) is 1.71. The first kappa shape index (κ1) is 15.7. The van der Waals surface area contributed by atoms with Crippen LogP contribution >= 0.6 is 15.9 Å². The van der Waals surface area contributed by atoms with Gasteiger partial charge in [-0.3, -0.25) is 0 Å². The molecule has 0 heterocycles. The molecule has 0 aliphatic carbocycles. The molecule has 3 heteroatoms. The molecule has 1 N–H and O–H groups in total. The number of benzene rings is 1. The summed E-state index contributed by atoms with van der Waals surface area (Å²) in [6, 6.07) is 8.40. The summed E-state index contributed by atoms with van der Waals surface area (Å²) in [6.07, 6.45) is 2.62. The molecule has 1 aromatic rings. The van der Waals surface area contributed by atoms with Gasteiger partial charge in [-0.15, -0.1) is 0 Å². The molecule has 0 fully saturated rings. The highest BCUT2D eigenvalue weighted by Gasteiger charge is 2.14. The Labute approximate surface area is 119 Å². The molecule has 0 amide bonds. The number of rotatable bonds is 8. The molecule has 0 aliphatic rings. The molecule has 0 aromatic heterocycles. The molecule has 0 saturated carbocycles. The van der Waals surface area contributed by atoms with E-state index in [1.807, 2.05) is 0 Å². The average molecular weight is 314 g/mol. The van der Waals surface area contributed by atoms with Crippen LogP contribution in [0.25, 0.3) is 0 Å². The van der Waals surface area contributed by atoms with Gasteiger partial charge in [0.15, 0.2) is 0 Å². The van der Waals surface area contributed by atoms with Crippen LogP contribution in [0, 0.1) is 0 Å². The van der Waals surface area contributed by atoms with Crippen molar-refractivity contribution in [3.8, 4) is 0 Å². The van der Waals surface area contributed by atoms with Gasteiger partial charge in [0.25, 0.3) is 0 Å². The maximum Gasteiger partial charge on any atom is 0.0952 e. The quantitative estimate of drug-likeness (QED) is 0.722. The minimum atomic E-state index is 0.139. The Bertz CT molecular complexity index is 326. The lowest BCUT2D eigenvalue weighted by atomic mass is 10.1. The van der Waals surface area contributed by atoms with Gasteiger partial charge in [-0.25, -0.2) is 0 Å². The van der Waals surface area contributed by atoms with Gasteiger partial charge in [-0.05, 0) is 44.0 Å². The molecule has 2 atom stereocenters. The predicted octanol–water partition coefficient (Wildman–Crippen LogP) is 4.30. The van der Waals surface area contributed by atoms with Crippen molar-refractivity contribution in [1.29, 1.82) is 0 Å². The van der Waals surface area contributed by atoms with E-state index >= 15 is 0 Å². The third-order valence-corrected chi connectivity index (χ3v) is 3.50. The van der Waals surface area contributed by atoms with Crippen molar-refractivity contribution in [3.63, 3.8) is 0 Å². The molecule has 0 saturated heterocycles. The lowest BCUT2D eigenvalue weighted by molar-refractivity contribution is -0.00441. The summed E-state index contributed by atoms with van der Waals surface area (Å²) < 4.78 is 7.20. The van der Waals surface area contributed by atoms with Gasteiger partial charge in [0, 0.05) is 11.0 Å². The normalized spacial score (nSPS) is 14.4. The van der Waals surface area contributed by atoms with E-state index in [2.05, 4.69) is 66.3 Å². The Morgan fingerprint density at radius 1 is 1.22 bits per heavy atom. The van der Waals surface area contributed by atoms with E-state index in [4.69, 9.17) is 4.74 Å². The van der Waals surface area contributed by atoms with Crippen molar-refractivity contribution >= 4 is 15.9 Å². The van der Waals surface area contributed by atoms with Crippen LogP contribution in [0.15, 0.2) is 28.7 Å². The molecule has 0 bridgehead atoms. The summed E-state index contributed by atoms with van der Waals surface area (Å²) in [5, 5.41) is 3.44. The predicted molar refractivity (Wildman–Crippen MR) is 80.9 cm³/mol. The van der Waals surface area contributed by atoms with Crippen LogP contribution in [-0.2, 0) is 4.74 Å². The van der Waals surface area contributed by atoms with Crippen LogP contribution in [-0.4, -0.2) is 19.2 Å². The van der Waals surface area contributed by atoms with E-state index in [0.29, 0.717) is 6.10 Å². The summed E-state index contributed by atoms with van der Waals surface area (Å²) in [5.41, 5.74) is 1.24. The SMILES string of the molecule is CCCNCC(OC(C)CC)c1ccc(Br)cc1. The van der Waals surface area contributed by atoms with E-state index in [1.165, 1.54) is 5.56 Å². The Kier molecular flexibility index (Phi) is 7.56. The number of nitrogens with one attached hydrogen (secondary N) is 1. The van der Waals surface area contributed by atoms with E-state index < -0.39 is 0 Å². The number of hydrogen-bond acceptors (Lipinski definition) is 2. The zero-order valence-corrected chi connectivity index (χ0v) is 13.2. The highest BCUT2D eigenvalue weighted by molar-refractivity contribution is 9.10. The summed E-state index contributed by atoms with van der Waals surface area (Å²) in [7, 11) is 0. The summed E-state index contributed by atoms with van der Waals surface area (Å²) in [4.78, 5) is 0. The molecular weight excluding hydrogens is 290 g/mol. The Morgan fingerprint density at radius 3 is 2.44 bits per heavy atom. The summed E-state index contributed by atoms with van der Waals surface area (Å²) >= 11 is 3.47. The van der Waals surface area contributed by atoms with Crippen molar-refractivity contribution in [2.24, 2.45) is 0 Å². The van der Waals surface area contributed by atoms with Gasteiger partial charge in [-0.2, -0.15) is 0 Å². The van der Waals surface area contributed by atoms with E-state index in [-0.39, 0.29) is 6.10 Å². The summed E-state index contributed by atoms with van der Waals surface area (Å²) in [6.45, 7) is 8.38. The molecule has 1 rings (SSSR count). The maximum atomic E-state index is 6.09. The highest BCUT2D eigenvalue weighted by atomic mass is 79.9. The first-order valence-electron chi connectivity index (χ1n) is 6.79. The number of halogens is 1. The second-order valence-corrected chi connectivity index (χ2v) is 5.51. The minimum Gasteiger partial charge on any atom is -0.369 e. The van der Waals surface area contributed by atoms with Gasteiger partial charge in [0.05, 0.1) is 12.2 Å². The Hall–Kier alpha value is -0.380. The molecular formula is C15H24BrNO. The van der Waals surface area contributed by atoms with Crippen LogP contribution in [0.5, 0.6) is 0 Å². The van der Waals surface area contributed by atoms with Crippen LogP contribution in [0.1, 0.15) is 45.3 Å². The monoisotopic (exact) mass is 313 g/mol. The molecule has 2 nitrogen and oxygen atoms in total. The van der Waals surface area contributed by atoms with Gasteiger partial charge >= 0.3 is 0 Å². The maximum absolute atomic E-state index is 6.09.